The molecule has 0 spiro atoms. The smallest absolute Gasteiger partial charge is 0.322 e. The van der Waals surface area contributed by atoms with E-state index in [9.17, 15) is 4.79 Å². The van der Waals surface area contributed by atoms with Crippen molar-refractivity contribution in [2.75, 3.05) is 32.5 Å². The Balaban J connectivity index is 1.56. The molecule has 1 N–H and O–H groups in total. The summed E-state index contributed by atoms with van der Waals surface area (Å²) in [5.41, 5.74) is 0. The summed E-state index contributed by atoms with van der Waals surface area (Å²) in [4.78, 5) is 16.8. The zero-order valence-electron chi connectivity index (χ0n) is 14.8. The molecule has 1 aliphatic heterocycles. The molecule has 1 fully saturated rings. The number of hydrogen-bond donors (Lipinski definition) is 1. The Kier molecular flexibility index (Phi) is 5.56. The molecule has 0 aromatic carbocycles. The molecule has 1 atom stereocenters. The van der Waals surface area contributed by atoms with Crippen LogP contribution in [0.15, 0.2) is 24.4 Å². The van der Waals surface area contributed by atoms with Crippen LogP contribution in [0.25, 0.3) is 0 Å². The van der Waals surface area contributed by atoms with Gasteiger partial charge in [0.05, 0.1) is 6.20 Å². The van der Waals surface area contributed by atoms with E-state index in [0.717, 1.165) is 51.1 Å². The Morgan fingerprint density at radius 2 is 2.12 bits per heavy atom. The first kappa shape index (κ1) is 17.0. The SMILES string of the molecule is CN1CCC(N(C)C(=O)Nc2ccnn2C[C@@H]2CC=CCC2)CC1. The Hall–Kier alpha value is -1.82. The van der Waals surface area contributed by atoms with Gasteiger partial charge in [-0.05, 0) is 58.2 Å². The van der Waals surface area contributed by atoms with Gasteiger partial charge in [0.2, 0.25) is 0 Å². The summed E-state index contributed by atoms with van der Waals surface area (Å²) in [5.74, 6) is 1.41. The quantitative estimate of drug-likeness (QED) is 0.863. The van der Waals surface area contributed by atoms with Gasteiger partial charge < -0.3 is 9.80 Å². The maximum Gasteiger partial charge on any atom is 0.322 e. The lowest BCUT2D eigenvalue weighted by Crippen LogP contribution is -2.46. The number of amides is 2. The minimum absolute atomic E-state index is 0.0326. The molecule has 1 aliphatic carbocycles. The fourth-order valence-electron chi connectivity index (χ4n) is 3.60. The average Bonchev–Trinajstić information content (AvgIpc) is 3.02. The highest BCUT2D eigenvalue weighted by atomic mass is 16.2. The summed E-state index contributed by atoms with van der Waals surface area (Å²) < 4.78 is 1.93. The molecule has 1 saturated heterocycles. The standard InChI is InChI=1S/C18H29N5O/c1-21-12-9-16(10-13-21)22(2)18(24)20-17-8-11-19-23(17)14-15-6-4-3-5-7-15/h3-4,8,11,15-16H,5-7,9-10,12-14H2,1-2H3,(H,20,24)/t15-/m1/s1. The number of allylic oxidation sites excluding steroid dienone is 2. The number of carbonyl (C=O) groups excluding carboxylic acids is 1. The zero-order valence-corrected chi connectivity index (χ0v) is 14.8. The Morgan fingerprint density at radius 3 is 2.83 bits per heavy atom. The molecule has 0 saturated carbocycles. The van der Waals surface area contributed by atoms with E-state index in [1.54, 1.807) is 6.20 Å². The first-order chi connectivity index (χ1) is 11.6. The molecule has 1 aromatic rings. The van der Waals surface area contributed by atoms with Crippen molar-refractivity contribution in [1.29, 1.82) is 0 Å². The summed E-state index contributed by atoms with van der Waals surface area (Å²) in [6.45, 7) is 2.97. The van der Waals surface area contributed by atoms with Gasteiger partial charge in [0.15, 0.2) is 0 Å². The van der Waals surface area contributed by atoms with Crippen LogP contribution in [0.2, 0.25) is 0 Å². The molecule has 6 heteroatoms. The molecule has 2 aliphatic rings. The van der Waals surface area contributed by atoms with Crippen LogP contribution in [0.5, 0.6) is 0 Å². The van der Waals surface area contributed by atoms with Crippen molar-refractivity contribution >= 4 is 11.8 Å². The molecular weight excluding hydrogens is 302 g/mol. The minimum Gasteiger partial charge on any atom is -0.324 e. The number of nitrogens with zero attached hydrogens (tertiary/aromatic N) is 4. The van der Waals surface area contributed by atoms with Crippen LogP contribution in [0.3, 0.4) is 0 Å². The monoisotopic (exact) mass is 331 g/mol. The zero-order chi connectivity index (χ0) is 16.9. The first-order valence-electron chi connectivity index (χ1n) is 9.02. The number of likely N-dealkylation sites (tertiary alicyclic amines) is 1. The number of carbonyl (C=O) groups is 1. The predicted molar refractivity (Wildman–Crippen MR) is 96.0 cm³/mol. The summed E-state index contributed by atoms with van der Waals surface area (Å²) in [6.07, 6.45) is 11.8. The molecule has 0 unspecified atom stereocenters. The molecule has 6 nitrogen and oxygen atoms in total. The Labute approximate surface area is 144 Å². The van der Waals surface area contributed by atoms with Crippen molar-refractivity contribution in [3.63, 3.8) is 0 Å². The van der Waals surface area contributed by atoms with Gasteiger partial charge in [0, 0.05) is 25.7 Å². The predicted octanol–water partition coefficient (Wildman–Crippen LogP) is 2.80. The van der Waals surface area contributed by atoms with E-state index >= 15 is 0 Å². The Morgan fingerprint density at radius 1 is 1.33 bits per heavy atom. The summed E-state index contributed by atoms with van der Waals surface area (Å²) in [5, 5.41) is 7.44. The molecule has 0 bridgehead atoms. The van der Waals surface area contributed by atoms with Crippen molar-refractivity contribution in [3.05, 3.63) is 24.4 Å². The topological polar surface area (TPSA) is 53.4 Å². The molecule has 1 aromatic heterocycles. The molecule has 132 valence electrons. The molecule has 3 rings (SSSR count). The van der Waals surface area contributed by atoms with Crippen LogP contribution >= 0.6 is 0 Å². The van der Waals surface area contributed by atoms with Crippen LogP contribution in [0.4, 0.5) is 10.6 Å². The van der Waals surface area contributed by atoms with E-state index in [0.29, 0.717) is 12.0 Å². The van der Waals surface area contributed by atoms with Crippen molar-refractivity contribution in [2.24, 2.45) is 5.92 Å². The summed E-state index contributed by atoms with van der Waals surface area (Å²) >= 11 is 0. The number of rotatable bonds is 4. The van der Waals surface area contributed by atoms with Gasteiger partial charge in [0.25, 0.3) is 0 Å². The van der Waals surface area contributed by atoms with Crippen LogP contribution in [-0.4, -0.2) is 58.8 Å². The van der Waals surface area contributed by atoms with Gasteiger partial charge in [0.1, 0.15) is 5.82 Å². The third-order valence-corrected chi connectivity index (χ3v) is 5.32. The van der Waals surface area contributed by atoms with E-state index < -0.39 is 0 Å². The van der Waals surface area contributed by atoms with Gasteiger partial charge in [-0.15, -0.1) is 0 Å². The van der Waals surface area contributed by atoms with Crippen molar-refractivity contribution < 1.29 is 4.79 Å². The number of anilines is 1. The van der Waals surface area contributed by atoms with E-state index in [1.807, 2.05) is 22.7 Å². The largest absolute Gasteiger partial charge is 0.324 e. The van der Waals surface area contributed by atoms with Crippen LogP contribution in [0, 0.1) is 5.92 Å². The highest BCUT2D eigenvalue weighted by Crippen LogP contribution is 2.22. The van der Waals surface area contributed by atoms with Gasteiger partial charge >= 0.3 is 6.03 Å². The van der Waals surface area contributed by atoms with Gasteiger partial charge in [-0.3, -0.25) is 5.32 Å². The second-order valence-corrected chi connectivity index (χ2v) is 7.12. The van der Waals surface area contributed by atoms with Crippen molar-refractivity contribution in [1.82, 2.24) is 19.6 Å². The van der Waals surface area contributed by atoms with Gasteiger partial charge in [-0.25, -0.2) is 9.48 Å². The van der Waals surface area contributed by atoms with Crippen molar-refractivity contribution in [3.8, 4) is 0 Å². The second-order valence-electron chi connectivity index (χ2n) is 7.12. The maximum absolute atomic E-state index is 12.6. The third kappa shape index (κ3) is 4.17. The molecule has 2 heterocycles. The second kappa shape index (κ2) is 7.83. The van der Waals surface area contributed by atoms with Crippen molar-refractivity contribution in [2.45, 2.75) is 44.7 Å². The Bertz CT molecular complexity index is 574. The molecule has 2 amide bonds. The normalized spacial score (nSPS) is 22.5. The third-order valence-electron chi connectivity index (χ3n) is 5.32. The lowest BCUT2D eigenvalue weighted by Gasteiger charge is -2.35. The number of aromatic nitrogens is 2. The maximum atomic E-state index is 12.6. The van der Waals surface area contributed by atoms with E-state index in [4.69, 9.17) is 0 Å². The summed E-state index contributed by atoms with van der Waals surface area (Å²) in [6, 6.07) is 2.18. The number of hydrogen-bond acceptors (Lipinski definition) is 3. The average molecular weight is 331 g/mol. The van der Waals surface area contributed by atoms with Crippen LogP contribution in [0.1, 0.15) is 32.1 Å². The van der Waals surface area contributed by atoms with Crippen LogP contribution in [-0.2, 0) is 6.54 Å². The van der Waals surface area contributed by atoms with E-state index in [2.05, 4.69) is 34.5 Å². The van der Waals surface area contributed by atoms with Gasteiger partial charge in [-0.2, -0.15) is 5.10 Å². The first-order valence-corrected chi connectivity index (χ1v) is 9.02. The fraction of sp³-hybridized carbons (Fsp3) is 0.667. The minimum atomic E-state index is -0.0326. The van der Waals surface area contributed by atoms with E-state index in [-0.39, 0.29) is 6.03 Å². The van der Waals surface area contributed by atoms with Gasteiger partial charge in [-0.1, -0.05) is 12.2 Å². The molecular formula is C18H29N5O. The number of urea groups is 1. The van der Waals surface area contributed by atoms with Crippen LogP contribution < -0.4 is 5.32 Å². The van der Waals surface area contributed by atoms with E-state index in [1.165, 1.54) is 6.42 Å². The number of nitrogens with one attached hydrogen (secondary N) is 1. The highest BCUT2D eigenvalue weighted by Gasteiger charge is 2.24. The molecule has 0 radical (unpaired) electrons. The lowest BCUT2D eigenvalue weighted by molar-refractivity contribution is 0.156. The lowest BCUT2D eigenvalue weighted by atomic mass is 9.94. The highest BCUT2D eigenvalue weighted by molar-refractivity contribution is 5.88. The molecule has 24 heavy (non-hydrogen) atoms. The summed E-state index contributed by atoms with van der Waals surface area (Å²) in [7, 11) is 4.03. The number of piperidine rings is 1. The fourth-order valence-corrected chi connectivity index (χ4v) is 3.60.